The van der Waals surface area contributed by atoms with Crippen LogP contribution in [0.4, 0.5) is 0 Å². The van der Waals surface area contributed by atoms with E-state index in [2.05, 4.69) is 20.4 Å². The van der Waals surface area contributed by atoms with E-state index in [1.807, 2.05) is 0 Å². The summed E-state index contributed by atoms with van der Waals surface area (Å²) in [6, 6.07) is 0. The van der Waals surface area contributed by atoms with E-state index in [0.29, 0.717) is 12.8 Å². The van der Waals surface area contributed by atoms with E-state index in [9.17, 15) is 20.1 Å². The lowest BCUT2D eigenvalue weighted by Gasteiger charge is -2.49. The van der Waals surface area contributed by atoms with E-state index >= 15 is 0 Å². The third kappa shape index (κ3) is 17.3. The van der Waals surface area contributed by atoms with Crippen molar-refractivity contribution in [3.05, 3.63) is 12.7 Å². The summed E-state index contributed by atoms with van der Waals surface area (Å²) in [5.41, 5.74) is -2.19. The zero-order valence-corrected chi connectivity index (χ0v) is 27.4. The molecule has 1 saturated heterocycles. The first-order valence-corrected chi connectivity index (χ1v) is 17.3. The van der Waals surface area contributed by atoms with Gasteiger partial charge in [-0.05, 0) is 12.8 Å². The van der Waals surface area contributed by atoms with Crippen LogP contribution in [0.2, 0.25) is 0 Å². The van der Waals surface area contributed by atoms with Crippen LogP contribution in [0.15, 0.2) is 12.7 Å². The van der Waals surface area contributed by atoms with Gasteiger partial charge in [-0.1, -0.05) is 148 Å². The lowest BCUT2D eigenvalue weighted by molar-refractivity contribution is -0.348. The van der Waals surface area contributed by atoms with Crippen LogP contribution in [-0.4, -0.2) is 77.9 Å². The maximum Gasteiger partial charge on any atom is 0.332 e. The van der Waals surface area contributed by atoms with Crippen LogP contribution in [0.1, 0.15) is 151 Å². The van der Waals surface area contributed by atoms with Crippen molar-refractivity contribution in [3.63, 3.8) is 0 Å². The van der Waals surface area contributed by atoms with Crippen LogP contribution in [-0.2, 0) is 23.7 Å². The molecule has 0 aliphatic carbocycles. The van der Waals surface area contributed by atoms with Gasteiger partial charge in [0.1, 0.15) is 37.1 Å². The molecule has 8 heteroatoms. The molecule has 1 fully saturated rings. The van der Waals surface area contributed by atoms with Gasteiger partial charge in [0.05, 0.1) is 7.98 Å². The lowest BCUT2D eigenvalue weighted by Crippen LogP contribution is -2.68. The Morgan fingerprint density at radius 3 is 1.81 bits per heavy atom. The molecule has 0 spiro atoms. The number of ether oxygens (including phenoxy) is 4. The number of esters is 1. The Hall–Kier alpha value is -1.03. The van der Waals surface area contributed by atoms with Crippen LogP contribution in [0, 0.1) is 0 Å². The van der Waals surface area contributed by atoms with Gasteiger partial charge in [0, 0.05) is 7.95 Å². The largest absolute Gasteiger partial charge is 0.460 e. The lowest BCUT2D eigenvalue weighted by atomic mass is 9.82. The van der Waals surface area contributed by atoms with Crippen LogP contribution in [0.5, 0.6) is 0 Å². The fourth-order valence-corrected chi connectivity index (χ4v) is 5.51. The molecule has 254 valence electrons. The summed E-state index contributed by atoms with van der Waals surface area (Å²) in [5, 5.41) is 33.2. The molecular weight excluding hydrogens is 548 g/mol. The number of unbranched alkanes of at least 4 members (excludes halogenated alkanes) is 16. The topological polar surface area (TPSA) is 115 Å². The molecule has 0 saturated carbocycles. The Morgan fingerprint density at radius 1 is 0.837 bits per heavy atom. The Balaban J connectivity index is 2.86. The molecule has 3 N–H and O–H groups in total. The third-order valence-electron chi connectivity index (χ3n) is 8.16. The van der Waals surface area contributed by atoms with Gasteiger partial charge in [0.2, 0.25) is 0 Å². The normalized spacial score (nSPS) is 26.0. The molecule has 0 aromatic carbocycles. The molecule has 0 radical (unpaired) electrons. The SMILES string of the molecule is [2H]C(CCCCCCCCCCC)O[C@H]1[C@H](O)[C@@H](CO)OC(OCC(=O)OCC=C)[C@@]1(O)C([2H])CCCCCCCCCCC. The maximum atomic E-state index is 12.2. The highest BCUT2D eigenvalue weighted by Gasteiger charge is 2.56. The van der Waals surface area contributed by atoms with Crippen LogP contribution in [0.3, 0.4) is 0 Å². The zero-order valence-electron chi connectivity index (χ0n) is 29.4. The van der Waals surface area contributed by atoms with Gasteiger partial charge in [0.15, 0.2) is 6.29 Å². The van der Waals surface area contributed by atoms with Crippen LogP contribution in [0.25, 0.3) is 0 Å². The van der Waals surface area contributed by atoms with Gasteiger partial charge in [-0.15, -0.1) is 0 Å². The summed E-state index contributed by atoms with van der Waals surface area (Å²) >= 11 is 0. The second kappa shape index (κ2) is 26.2. The Bertz CT molecular complexity index is 744. The van der Waals surface area contributed by atoms with Crippen molar-refractivity contribution in [2.45, 2.75) is 179 Å². The van der Waals surface area contributed by atoms with E-state index in [0.717, 1.165) is 44.9 Å². The number of aliphatic hydroxyl groups is 3. The smallest absolute Gasteiger partial charge is 0.332 e. The molecular formula is C35H66O8. The number of hydrogen-bond acceptors (Lipinski definition) is 8. The average molecular weight is 617 g/mol. The van der Waals surface area contributed by atoms with Gasteiger partial charge in [-0.2, -0.15) is 0 Å². The summed E-state index contributed by atoms with van der Waals surface area (Å²) in [5.74, 6) is -0.714. The number of carbonyl (C=O) groups is 1. The molecule has 8 nitrogen and oxygen atoms in total. The van der Waals surface area contributed by atoms with Crippen molar-refractivity contribution in [2.24, 2.45) is 0 Å². The molecule has 3 unspecified atom stereocenters. The van der Waals surface area contributed by atoms with E-state index in [-0.39, 0.29) is 13.0 Å². The van der Waals surface area contributed by atoms with Gasteiger partial charge < -0.3 is 34.3 Å². The number of carbonyl (C=O) groups excluding carboxylic acids is 1. The molecule has 7 atom stereocenters. The maximum absolute atomic E-state index is 12.2. The average Bonchev–Trinajstić information content (AvgIpc) is 3.03. The minimum absolute atomic E-state index is 0.0131. The van der Waals surface area contributed by atoms with Crippen molar-refractivity contribution in [3.8, 4) is 0 Å². The number of aliphatic hydroxyl groups excluding tert-OH is 2. The Kier molecular flexibility index (Phi) is 22.2. The van der Waals surface area contributed by atoms with Gasteiger partial charge in [-0.25, -0.2) is 4.79 Å². The summed E-state index contributed by atoms with van der Waals surface area (Å²) in [6.45, 7) is 5.68. The summed E-state index contributed by atoms with van der Waals surface area (Å²) in [6.07, 6.45) is 15.4. The molecule has 0 aromatic heterocycles. The number of hydrogen-bond donors (Lipinski definition) is 3. The third-order valence-corrected chi connectivity index (χ3v) is 8.16. The predicted octanol–water partition coefficient (Wildman–Crippen LogP) is 7.16. The highest BCUT2D eigenvalue weighted by molar-refractivity contribution is 5.70. The highest BCUT2D eigenvalue weighted by atomic mass is 16.7. The first-order chi connectivity index (χ1) is 21.8. The predicted molar refractivity (Wildman–Crippen MR) is 172 cm³/mol. The molecule has 1 heterocycles. The quantitative estimate of drug-likeness (QED) is 0.0461. The molecule has 1 rings (SSSR count). The van der Waals surface area contributed by atoms with Gasteiger partial charge >= 0.3 is 5.97 Å². The van der Waals surface area contributed by atoms with Gasteiger partial charge in [0.25, 0.3) is 0 Å². The molecule has 1 aliphatic rings. The molecule has 43 heavy (non-hydrogen) atoms. The minimum atomic E-state index is -2.19. The van der Waals surface area contributed by atoms with E-state index in [1.165, 1.54) is 70.3 Å². The zero-order chi connectivity index (χ0) is 33.3. The monoisotopic (exact) mass is 616 g/mol. The molecule has 0 amide bonds. The standard InChI is InChI=1S/C35H66O8/c1-4-7-9-11-13-15-17-19-21-23-25-35(39)33(41-27-24-22-20-18-16-14-12-10-8-5-2)32(38)30(28-36)43-34(35)42-29-31(37)40-26-6-3/h6,30,32-34,36,38-39H,3-5,7-29H2,1-2H3/t30-,32-,33+,34?,35-/m1/s1/i25D,27D/t25?,27?,30-,32-,33+,34?,35-. The first kappa shape index (κ1) is 36.4. The van der Waals surface area contributed by atoms with Crippen molar-refractivity contribution < 1.29 is 41.8 Å². The van der Waals surface area contributed by atoms with E-state index in [4.69, 9.17) is 21.7 Å². The second-order valence-electron chi connectivity index (χ2n) is 12.0. The van der Waals surface area contributed by atoms with Crippen molar-refractivity contribution in [1.82, 2.24) is 0 Å². The molecule has 0 bridgehead atoms. The summed E-state index contributed by atoms with van der Waals surface area (Å²) < 4.78 is 39.9. The van der Waals surface area contributed by atoms with Gasteiger partial charge in [-0.3, -0.25) is 0 Å². The van der Waals surface area contributed by atoms with E-state index < -0.39 is 62.4 Å². The Labute approximate surface area is 265 Å². The van der Waals surface area contributed by atoms with Crippen molar-refractivity contribution in [1.29, 1.82) is 0 Å². The van der Waals surface area contributed by atoms with Crippen molar-refractivity contribution >= 4 is 5.97 Å². The number of rotatable bonds is 29. The highest BCUT2D eigenvalue weighted by Crippen LogP contribution is 2.37. The van der Waals surface area contributed by atoms with Crippen LogP contribution < -0.4 is 0 Å². The molecule has 1 aliphatic heterocycles. The first-order valence-electron chi connectivity index (χ1n) is 18.5. The summed E-state index contributed by atoms with van der Waals surface area (Å²) in [7, 11) is 0. The fourth-order valence-electron chi connectivity index (χ4n) is 5.51. The Morgan fingerprint density at radius 2 is 1.33 bits per heavy atom. The summed E-state index contributed by atoms with van der Waals surface area (Å²) in [4.78, 5) is 12.2. The van der Waals surface area contributed by atoms with Crippen LogP contribution >= 0.6 is 0 Å². The minimum Gasteiger partial charge on any atom is -0.460 e. The second-order valence-corrected chi connectivity index (χ2v) is 12.0. The van der Waals surface area contributed by atoms with E-state index in [1.54, 1.807) is 0 Å². The fraction of sp³-hybridized carbons (Fsp3) is 0.914. The molecule has 0 aromatic rings. The van der Waals surface area contributed by atoms with Crippen molar-refractivity contribution in [2.75, 3.05) is 26.4 Å².